The molecule has 0 spiro atoms. The summed E-state index contributed by atoms with van der Waals surface area (Å²) < 4.78 is 5.40. The lowest BCUT2D eigenvalue weighted by molar-refractivity contribution is -0.166. The maximum absolute atomic E-state index is 11.1. The highest BCUT2D eigenvalue weighted by Crippen LogP contribution is 2.35. The van der Waals surface area contributed by atoms with E-state index in [-0.39, 0.29) is 17.8 Å². The van der Waals surface area contributed by atoms with Crippen molar-refractivity contribution < 1.29 is 9.53 Å². The average Bonchev–Trinajstić information content (AvgIpc) is 2.11. The quantitative estimate of drug-likeness (QED) is 0.479. The molecule has 0 aromatic heterocycles. The SMILES string of the molecule is C#CC1(OC(C)=O)[C@H](C)CN(C)C[C@@H]1C. The zero-order chi connectivity index (χ0) is 11.6. The average molecular weight is 209 g/mol. The van der Waals surface area contributed by atoms with Gasteiger partial charge in [-0.2, -0.15) is 0 Å². The van der Waals surface area contributed by atoms with Crippen LogP contribution in [0.1, 0.15) is 20.8 Å². The molecule has 1 saturated heterocycles. The lowest BCUT2D eigenvalue weighted by Crippen LogP contribution is -2.56. The minimum atomic E-state index is -0.724. The molecule has 0 amide bonds. The number of hydrogen-bond acceptors (Lipinski definition) is 3. The van der Waals surface area contributed by atoms with E-state index in [1.54, 1.807) is 0 Å². The smallest absolute Gasteiger partial charge is 0.304 e. The van der Waals surface area contributed by atoms with Gasteiger partial charge in [0.2, 0.25) is 0 Å². The Morgan fingerprint density at radius 3 is 2.27 bits per heavy atom. The molecule has 0 radical (unpaired) electrons. The number of hydrogen-bond donors (Lipinski definition) is 0. The molecule has 0 aromatic rings. The van der Waals surface area contributed by atoms with E-state index in [4.69, 9.17) is 11.2 Å². The molecule has 0 aliphatic carbocycles. The summed E-state index contributed by atoms with van der Waals surface area (Å²) in [6.07, 6.45) is 5.57. The molecule has 1 unspecified atom stereocenters. The first kappa shape index (κ1) is 12.1. The Morgan fingerprint density at radius 2 is 1.93 bits per heavy atom. The Kier molecular flexibility index (Phi) is 3.41. The van der Waals surface area contributed by atoms with Crippen LogP contribution in [0.15, 0.2) is 0 Å². The largest absolute Gasteiger partial charge is 0.445 e. The van der Waals surface area contributed by atoms with Crippen LogP contribution in [0.25, 0.3) is 0 Å². The predicted molar refractivity (Wildman–Crippen MR) is 59.2 cm³/mol. The lowest BCUT2D eigenvalue weighted by atomic mass is 9.75. The van der Waals surface area contributed by atoms with Gasteiger partial charge in [0.15, 0.2) is 5.60 Å². The second-order valence-corrected chi connectivity index (χ2v) is 4.55. The molecule has 15 heavy (non-hydrogen) atoms. The van der Waals surface area contributed by atoms with Crippen LogP contribution in [0.3, 0.4) is 0 Å². The summed E-state index contributed by atoms with van der Waals surface area (Å²) >= 11 is 0. The molecule has 0 saturated carbocycles. The monoisotopic (exact) mass is 209 g/mol. The first-order valence-corrected chi connectivity index (χ1v) is 5.28. The summed E-state index contributed by atoms with van der Waals surface area (Å²) in [5.74, 6) is 2.74. The normalized spacial score (nSPS) is 37.0. The van der Waals surface area contributed by atoms with Crippen LogP contribution >= 0.6 is 0 Å². The zero-order valence-corrected chi connectivity index (χ0v) is 9.91. The fourth-order valence-corrected chi connectivity index (χ4v) is 2.52. The van der Waals surface area contributed by atoms with Gasteiger partial charge >= 0.3 is 5.97 Å². The first-order chi connectivity index (χ1) is 6.92. The maximum Gasteiger partial charge on any atom is 0.304 e. The standard InChI is InChI=1S/C12H19NO2/c1-6-12(15-11(4)14)9(2)7-13(5)8-10(12)3/h1,9-10H,7-8H2,2-5H3/t9-,10+,12?. The molecule has 1 rings (SSSR count). The second-order valence-electron chi connectivity index (χ2n) is 4.55. The fraction of sp³-hybridized carbons (Fsp3) is 0.750. The van der Waals surface area contributed by atoms with Gasteiger partial charge in [0.1, 0.15) is 0 Å². The van der Waals surface area contributed by atoms with Crippen molar-refractivity contribution in [2.45, 2.75) is 26.4 Å². The van der Waals surface area contributed by atoms with Gasteiger partial charge in [-0.1, -0.05) is 19.8 Å². The summed E-state index contributed by atoms with van der Waals surface area (Å²) in [6.45, 7) is 7.21. The van der Waals surface area contributed by atoms with Crippen molar-refractivity contribution in [3.8, 4) is 12.3 Å². The highest BCUT2D eigenvalue weighted by Gasteiger charge is 2.46. The van der Waals surface area contributed by atoms with Crippen LogP contribution in [0.2, 0.25) is 0 Å². The van der Waals surface area contributed by atoms with E-state index in [2.05, 4.69) is 17.9 Å². The molecule has 1 fully saturated rings. The van der Waals surface area contributed by atoms with E-state index in [0.717, 1.165) is 13.1 Å². The second kappa shape index (κ2) is 4.24. The maximum atomic E-state index is 11.1. The Bertz CT molecular complexity index is 280. The Labute approximate surface area is 91.8 Å². The number of carbonyl (C=O) groups is 1. The zero-order valence-electron chi connectivity index (χ0n) is 9.91. The lowest BCUT2D eigenvalue weighted by Gasteiger charge is -2.45. The first-order valence-electron chi connectivity index (χ1n) is 5.28. The van der Waals surface area contributed by atoms with Crippen molar-refractivity contribution in [1.29, 1.82) is 0 Å². The molecule has 1 aliphatic heterocycles. The van der Waals surface area contributed by atoms with E-state index >= 15 is 0 Å². The molecule has 84 valence electrons. The van der Waals surface area contributed by atoms with Crippen LogP contribution in [-0.4, -0.2) is 36.6 Å². The number of likely N-dealkylation sites (tertiary alicyclic amines) is 1. The Balaban J connectivity index is 2.95. The Hall–Kier alpha value is -1.01. The minimum Gasteiger partial charge on any atom is -0.445 e. The third kappa shape index (κ3) is 2.15. The Morgan fingerprint density at radius 1 is 1.47 bits per heavy atom. The van der Waals surface area contributed by atoms with Crippen LogP contribution < -0.4 is 0 Å². The van der Waals surface area contributed by atoms with E-state index in [1.165, 1.54) is 6.92 Å². The van der Waals surface area contributed by atoms with Gasteiger partial charge in [0.05, 0.1) is 0 Å². The van der Waals surface area contributed by atoms with E-state index in [1.807, 2.05) is 13.8 Å². The molecule has 3 heteroatoms. The number of rotatable bonds is 1. The summed E-state index contributed by atoms with van der Waals surface area (Å²) in [7, 11) is 2.06. The van der Waals surface area contributed by atoms with Crippen LogP contribution in [0.5, 0.6) is 0 Å². The minimum absolute atomic E-state index is 0.167. The van der Waals surface area contributed by atoms with E-state index < -0.39 is 5.60 Å². The molecule has 1 aliphatic rings. The molecule has 0 N–H and O–H groups in total. The molecular formula is C12H19NO2. The number of piperidine rings is 1. The molecular weight excluding hydrogens is 190 g/mol. The van der Waals surface area contributed by atoms with Gasteiger partial charge < -0.3 is 9.64 Å². The molecule has 0 aromatic carbocycles. The van der Waals surface area contributed by atoms with Gasteiger partial charge in [-0.3, -0.25) is 4.79 Å². The van der Waals surface area contributed by atoms with Crippen LogP contribution in [0.4, 0.5) is 0 Å². The van der Waals surface area contributed by atoms with Crippen molar-refractivity contribution in [2.75, 3.05) is 20.1 Å². The van der Waals surface area contributed by atoms with Gasteiger partial charge in [-0.25, -0.2) is 0 Å². The highest BCUT2D eigenvalue weighted by molar-refractivity contribution is 5.67. The number of terminal acetylenes is 1. The van der Waals surface area contributed by atoms with E-state index in [9.17, 15) is 4.79 Å². The van der Waals surface area contributed by atoms with Crippen molar-refractivity contribution in [1.82, 2.24) is 4.90 Å². The number of nitrogens with zero attached hydrogens (tertiary/aromatic N) is 1. The van der Waals surface area contributed by atoms with Gasteiger partial charge in [0, 0.05) is 31.8 Å². The highest BCUT2D eigenvalue weighted by atomic mass is 16.6. The summed E-state index contributed by atoms with van der Waals surface area (Å²) in [4.78, 5) is 13.3. The third-order valence-corrected chi connectivity index (χ3v) is 3.17. The predicted octanol–water partition coefficient (Wildman–Crippen LogP) is 1.14. The van der Waals surface area contributed by atoms with Crippen molar-refractivity contribution in [3.05, 3.63) is 0 Å². The number of ether oxygens (including phenoxy) is 1. The van der Waals surface area contributed by atoms with Crippen LogP contribution in [-0.2, 0) is 9.53 Å². The molecule has 3 atom stereocenters. The van der Waals surface area contributed by atoms with Crippen molar-refractivity contribution >= 4 is 5.97 Å². The van der Waals surface area contributed by atoms with Gasteiger partial charge in [-0.15, -0.1) is 6.42 Å². The summed E-state index contributed by atoms with van der Waals surface area (Å²) in [6, 6.07) is 0. The molecule has 0 bridgehead atoms. The summed E-state index contributed by atoms with van der Waals surface area (Å²) in [5.41, 5.74) is -0.724. The van der Waals surface area contributed by atoms with Gasteiger partial charge in [0.25, 0.3) is 0 Å². The fourth-order valence-electron chi connectivity index (χ4n) is 2.52. The van der Waals surface area contributed by atoms with E-state index in [0.29, 0.717) is 0 Å². The summed E-state index contributed by atoms with van der Waals surface area (Å²) in [5, 5.41) is 0. The molecule has 3 nitrogen and oxygen atoms in total. The topological polar surface area (TPSA) is 29.5 Å². The number of esters is 1. The molecule has 1 heterocycles. The van der Waals surface area contributed by atoms with Gasteiger partial charge in [-0.05, 0) is 7.05 Å². The van der Waals surface area contributed by atoms with Crippen LogP contribution in [0, 0.1) is 24.2 Å². The third-order valence-electron chi connectivity index (χ3n) is 3.17. The number of carbonyl (C=O) groups excluding carboxylic acids is 1. The van der Waals surface area contributed by atoms with Crippen molar-refractivity contribution in [3.63, 3.8) is 0 Å². The van der Waals surface area contributed by atoms with Crippen molar-refractivity contribution in [2.24, 2.45) is 11.8 Å².